The first kappa shape index (κ1) is 12.2. The lowest BCUT2D eigenvalue weighted by Crippen LogP contribution is -2.14. The molecule has 94 valence electrons. The van der Waals surface area contributed by atoms with Crippen LogP contribution in [0.2, 0.25) is 0 Å². The number of aromatic nitrogens is 2. The summed E-state index contributed by atoms with van der Waals surface area (Å²) >= 11 is 0. The molecule has 2 rings (SSSR count). The van der Waals surface area contributed by atoms with E-state index in [4.69, 9.17) is 9.47 Å². The molecule has 1 aromatic heterocycles. The number of hydrogen-bond acceptors (Lipinski definition) is 4. The van der Waals surface area contributed by atoms with E-state index in [-0.39, 0.29) is 12.6 Å². The Morgan fingerprint density at radius 2 is 2.33 bits per heavy atom. The van der Waals surface area contributed by atoms with Gasteiger partial charge in [-0.2, -0.15) is 0 Å². The van der Waals surface area contributed by atoms with Crippen LogP contribution < -0.4 is 4.74 Å². The van der Waals surface area contributed by atoms with Crippen molar-refractivity contribution in [3.05, 3.63) is 36.8 Å². The van der Waals surface area contributed by atoms with Crippen LogP contribution in [0.3, 0.4) is 0 Å². The molecule has 2 aromatic rings. The van der Waals surface area contributed by atoms with Crippen LogP contribution in [0.5, 0.6) is 5.75 Å². The van der Waals surface area contributed by atoms with Gasteiger partial charge in [0.25, 0.3) is 0 Å². The number of ether oxygens (including phenoxy) is 2. The summed E-state index contributed by atoms with van der Waals surface area (Å²) in [4.78, 5) is 18.1. The van der Waals surface area contributed by atoms with Gasteiger partial charge >= 0.3 is 5.97 Å². The first-order valence-electron chi connectivity index (χ1n) is 5.67. The minimum Gasteiger partial charge on any atom is -0.482 e. The Balaban J connectivity index is 2.02. The van der Waals surface area contributed by atoms with Crippen LogP contribution in [-0.2, 0) is 9.53 Å². The lowest BCUT2D eigenvalue weighted by molar-refractivity contribution is -0.145. The second kappa shape index (κ2) is 5.86. The van der Waals surface area contributed by atoms with Gasteiger partial charge in [-0.05, 0) is 19.1 Å². The molecule has 0 spiro atoms. The minimum atomic E-state index is -0.371. The Morgan fingerprint density at radius 1 is 1.44 bits per heavy atom. The van der Waals surface area contributed by atoms with Crippen molar-refractivity contribution in [1.29, 1.82) is 0 Å². The minimum absolute atomic E-state index is 0.0831. The van der Waals surface area contributed by atoms with Gasteiger partial charge in [-0.15, -0.1) is 0 Å². The number of imidazole rings is 1. The molecule has 0 aliphatic rings. The molecule has 0 saturated heterocycles. The first-order chi connectivity index (χ1) is 8.79. The van der Waals surface area contributed by atoms with Crippen molar-refractivity contribution in [1.82, 2.24) is 9.97 Å². The highest BCUT2D eigenvalue weighted by molar-refractivity contribution is 5.71. The van der Waals surface area contributed by atoms with Crippen molar-refractivity contribution < 1.29 is 14.3 Å². The summed E-state index contributed by atoms with van der Waals surface area (Å²) < 4.78 is 10.1. The number of H-pyrrole nitrogens is 1. The standard InChI is InChI=1S/C13H14N2O3/c1-2-17-13(16)8-18-11-5-3-4-10(6-11)12-7-14-9-15-12/h3-7,9H,2,8H2,1H3,(H,14,15). The summed E-state index contributed by atoms with van der Waals surface area (Å²) in [6, 6.07) is 7.42. The number of hydrogen-bond donors (Lipinski definition) is 1. The molecule has 0 amide bonds. The molecule has 0 bridgehead atoms. The predicted octanol–water partition coefficient (Wildman–Crippen LogP) is 2.02. The van der Waals surface area contributed by atoms with Crippen LogP contribution in [0, 0.1) is 0 Å². The molecule has 0 atom stereocenters. The van der Waals surface area contributed by atoms with Crippen molar-refractivity contribution in [3.8, 4) is 17.0 Å². The SMILES string of the molecule is CCOC(=O)COc1cccc(-c2cnc[nH]2)c1. The summed E-state index contributed by atoms with van der Waals surface area (Å²) in [5.41, 5.74) is 1.85. The third-order valence-corrected chi connectivity index (χ3v) is 2.31. The van der Waals surface area contributed by atoms with Crippen molar-refractivity contribution in [3.63, 3.8) is 0 Å². The van der Waals surface area contributed by atoms with Gasteiger partial charge in [0.2, 0.25) is 0 Å². The summed E-state index contributed by atoms with van der Waals surface area (Å²) in [6.07, 6.45) is 3.34. The quantitative estimate of drug-likeness (QED) is 0.820. The number of carbonyl (C=O) groups is 1. The average molecular weight is 246 g/mol. The van der Waals surface area contributed by atoms with Crippen LogP contribution in [0.4, 0.5) is 0 Å². The maximum Gasteiger partial charge on any atom is 0.344 e. The Hall–Kier alpha value is -2.30. The summed E-state index contributed by atoms with van der Waals surface area (Å²) in [7, 11) is 0. The Kier molecular flexibility index (Phi) is 3.96. The molecule has 0 radical (unpaired) electrons. The average Bonchev–Trinajstić information content (AvgIpc) is 2.91. The maximum atomic E-state index is 11.2. The highest BCUT2D eigenvalue weighted by Crippen LogP contribution is 2.21. The van der Waals surface area contributed by atoms with Gasteiger partial charge < -0.3 is 14.5 Å². The molecule has 0 saturated carbocycles. The third kappa shape index (κ3) is 3.10. The smallest absolute Gasteiger partial charge is 0.344 e. The molecule has 1 heterocycles. The zero-order valence-corrected chi connectivity index (χ0v) is 10.1. The van der Waals surface area contributed by atoms with E-state index in [1.807, 2.05) is 18.2 Å². The summed E-state index contributed by atoms with van der Waals surface area (Å²) in [5, 5.41) is 0. The normalized spacial score (nSPS) is 10.1. The van der Waals surface area contributed by atoms with Crippen molar-refractivity contribution in [2.24, 2.45) is 0 Å². The molecule has 0 fully saturated rings. The fourth-order valence-electron chi connectivity index (χ4n) is 1.51. The first-order valence-corrected chi connectivity index (χ1v) is 5.67. The Morgan fingerprint density at radius 3 is 3.06 bits per heavy atom. The molecule has 1 N–H and O–H groups in total. The largest absolute Gasteiger partial charge is 0.482 e. The number of nitrogens with one attached hydrogen (secondary N) is 1. The van der Waals surface area contributed by atoms with E-state index in [0.717, 1.165) is 11.3 Å². The molecular weight excluding hydrogens is 232 g/mol. The van der Waals surface area contributed by atoms with E-state index in [1.54, 1.807) is 25.5 Å². The van der Waals surface area contributed by atoms with Crippen LogP contribution in [0.25, 0.3) is 11.3 Å². The molecule has 5 heteroatoms. The van der Waals surface area contributed by atoms with Crippen molar-refractivity contribution >= 4 is 5.97 Å². The highest BCUT2D eigenvalue weighted by atomic mass is 16.6. The Labute approximate surface area is 105 Å². The van der Waals surface area contributed by atoms with Gasteiger partial charge in [-0.1, -0.05) is 12.1 Å². The molecule has 0 unspecified atom stereocenters. The molecule has 18 heavy (non-hydrogen) atoms. The number of benzene rings is 1. The van der Waals surface area contributed by atoms with Crippen LogP contribution in [0.1, 0.15) is 6.92 Å². The monoisotopic (exact) mass is 246 g/mol. The van der Waals surface area contributed by atoms with Gasteiger partial charge in [0, 0.05) is 5.56 Å². The molecule has 0 aliphatic carbocycles. The molecular formula is C13H14N2O3. The Bertz CT molecular complexity index is 509. The fraction of sp³-hybridized carbons (Fsp3) is 0.231. The fourth-order valence-corrected chi connectivity index (χ4v) is 1.51. The van der Waals surface area contributed by atoms with Crippen molar-refractivity contribution in [2.75, 3.05) is 13.2 Å². The number of carbonyl (C=O) groups excluding carboxylic acids is 1. The van der Waals surface area contributed by atoms with Gasteiger partial charge in [0.05, 0.1) is 24.8 Å². The summed E-state index contributed by atoms with van der Waals surface area (Å²) in [6.45, 7) is 2.04. The van der Waals surface area contributed by atoms with E-state index >= 15 is 0 Å². The number of nitrogens with zero attached hydrogens (tertiary/aromatic N) is 1. The number of rotatable bonds is 5. The second-order valence-corrected chi connectivity index (χ2v) is 3.59. The summed E-state index contributed by atoms with van der Waals surface area (Å²) in [5.74, 6) is 0.250. The van der Waals surface area contributed by atoms with Gasteiger partial charge in [0.1, 0.15) is 5.75 Å². The van der Waals surface area contributed by atoms with Crippen molar-refractivity contribution in [2.45, 2.75) is 6.92 Å². The zero-order chi connectivity index (χ0) is 12.8. The zero-order valence-electron chi connectivity index (χ0n) is 10.1. The maximum absolute atomic E-state index is 11.2. The van der Waals surface area contributed by atoms with E-state index in [2.05, 4.69) is 9.97 Å². The molecule has 5 nitrogen and oxygen atoms in total. The van der Waals surface area contributed by atoms with E-state index in [1.165, 1.54) is 0 Å². The highest BCUT2D eigenvalue weighted by Gasteiger charge is 2.04. The third-order valence-electron chi connectivity index (χ3n) is 2.31. The number of esters is 1. The van der Waals surface area contributed by atoms with E-state index in [0.29, 0.717) is 12.4 Å². The topological polar surface area (TPSA) is 64.2 Å². The lowest BCUT2D eigenvalue weighted by Gasteiger charge is -2.06. The molecule has 0 aliphatic heterocycles. The van der Waals surface area contributed by atoms with Gasteiger partial charge in [0.15, 0.2) is 6.61 Å². The second-order valence-electron chi connectivity index (χ2n) is 3.59. The number of aromatic amines is 1. The predicted molar refractivity (Wildman–Crippen MR) is 66.2 cm³/mol. The van der Waals surface area contributed by atoms with Gasteiger partial charge in [-0.3, -0.25) is 0 Å². The van der Waals surface area contributed by atoms with Gasteiger partial charge in [-0.25, -0.2) is 9.78 Å². The van der Waals surface area contributed by atoms with Crippen LogP contribution in [0.15, 0.2) is 36.8 Å². The van der Waals surface area contributed by atoms with Crippen LogP contribution >= 0.6 is 0 Å². The molecule has 1 aromatic carbocycles. The van der Waals surface area contributed by atoms with E-state index < -0.39 is 0 Å². The van der Waals surface area contributed by atoms with E-state index in [9.17, 15) is 4.79 Å². The lowest BCUT2D eigenvalue weighted by atomic mass is 10.1. The van der Waals surface area contributed by atoms with Crippen LogP contribution in [-0.4, -0.2) is 29.2 Å².